The van der Waals surface area contributed by atoms with Crippen LogP contribution >= 0.6 is 0 Å². The summed E-state index contributed by atoms with van der Waals surface area (Å²) in [4.78, 5) is 47.7. The molecule has 0 aliphatic carbocycles. The molecule has 50 heavy (non-hydrogen) atoms. The van der Waals surface area contributed by atoms with E-state index in [2.05, 4.69) is 15.4 Å². The number of methoxy groups -OCH3 is 1. The summed E-state index contributed by atoms with van der Waals surface area (Å²) in [6, 6.07) is 21.7. The number of ether oxygens (including phenoxy) is 2. The zero-order valence-electron chi connectivity index (χ0n) is 27.6. The van der Waals surface area contributed by atoms with Gasteiger partial charge in [0.25, 0.3) is 11.6 Å². The maximum Gasteiger partial charge on any atom is 0.407 e. The number of fused-ring (bicyclic) bond motifs is 1. The fourth-order valence-corrected chi connectivity index (χ4v) is 6.68. The summed E-state index contributed by atoms with van der Waals surface area (Å²) < 4.78 is 44.7. The van der Waals surface area contributed by atoms with Crippen molar-refractivity contribution in [3.05, 3.63) is 106 Å². The summed E-state index contributed by atoms with van der Waals surface area (Å²) in [6.45, 7) is 0.174. The van der Waals surface area contributed by atoms with Crippen LogP contribution in [0.4, 0.5) is 10.5 Å². The second-order valence-electron chi connectivity index (χ2n) is 11.5. The van der Waals surface area contributed by atoms with Crippen LogP contribution in [0.5, 0.6) is 0 Å². The third-order valence-electron chi connectivity index (χ3n) is 7.82. The lowest BCUT2D eigenvalue weighted by atomic mass is 10.1. The zero-order chi connectivity index (χ0) is 35.9. The van der Waals surface area contributed by atoms with Crippen LogP contribution in [0.3, 0.4) is 0 Å². The van der Waals surface area contributed by atoms with E-state index in [1.807, 2.05) is 36.4 Å². The fraction of sp³-hybridized carbons (Fsp3) is 0.343. The summed E-state index contributed by atoms with van der Waals surface area (Å²) >= 11 is 0. The monoisotopic (exact) mass is 708 g/mol. The first-order valence-electron chi connectivity index (χ1n) is 16.1. The lowest BCUT2D eigenvalue weighted by Gasteiger charge is -2.28. The van der Waals surface area contributed by atoms with Crippen LogP contribution in [-0.4, -0.2) is 68.4 Å². The molecule has 0 spiro atoms. The van der Waals surface area contributed by atoms with Gasteiger partial charge in [-0.05, 0) is 55.5 Å². The molecular weight excluding hydrogens is 668 g/mol. The van der Waals surface area contributed by atoms with Gasteiger partial charge in [-0.2, -0.15) is 4.31 Å². The molecule has 0 saturated heterocycles. The maximum absolute atomic E-state index is 13.9. The van der Waals surface area contributed by atoms with Crippen molar-refractivity contribution in [3.63, 3.8) is 0 Å². The van der Waals surface area contributed by atoms with E-state index in [4.69, 9.17) is 9.15 Å². The number of sulfonamides is 1. The standard InChI is InChI=1S/C35H40N4O10S/c1-47-33(40)16-6-3-9-22-38(50(45,46)30-19-17-29(18-20-30)39(43)44)24-28(37-34(41)32-23-27-13-7-8-15-31(27)49-32)14-10-21-36-35(42)48-25-26-11-4-2-5-12-26/h2,4-5,7-8,11-13,15,17-20,23,28H,3,6,9-10,14,16,21-22,24-25H2,1H3,(H,36,42)(H,37,41)/t28-/m0/s1. The van der Waals surface area contributed by atoms with Gasteiger partial charge in [-0.15, -0.1) is 0 Å². The Morgan fingerprint density at radius 3 is 2.36 bits per heavy atom. The number of unbranched alkanes of at least 4 members (excludes halogenated alkanes) is 2. The summed E-state index contributed by atoms with van der Waals surface area (Å²) in [5.41, 5.74) is 1.08. The molecule has 266 valence electrons. The number of benzene rings is 3. The highest BCUT2D eigenvalue weighted by Gasteiger charge is 2.29. The number of non-ortho nitro benzene ring substituents is 1. The first kappa shape index (κ1) is 37.5. The van der Waals surface area contributed by atoms with Gasteiger partial charge in [-0.1, -0.05) is 55.0 Å². The van der Waals surface area contributed by atoms with Crippen molar-refractivity contribution < 1.29 is 41.6 Å². The van der Waals surface area contributed by atoms with Gasteiger partial charge in [0.1, 0.15) is 12.2 Å². The lowest BCUT2D eigenvalue weighted by molar-refractivity contribution is -0.384. The quantitative estimate of drug-likeness (QED) is 0.0540. The molecule has 14 nitrogen and oxygen atoms in total. The molecule has 1 atom stereocenters. The Balaban J connectivity index is 1.49. The van der Waals surface area contributed by atoms with Gasteiger partial charge in [0.15, 0.2) is 5.76 Å². The molecule has 0 aliphatic heterocycles. The average molecular weight is 709 g/mol. The number of nitrogens with one attached hydrogen (secondary N) is 2. The van der Waals surface area contributed by atoms with E-state index in [0.29, 0.717) is 31.3 Å². The normalized spacial score (nSPS) is 12.0. The molecule has 2 N–H and O–H groups in total. The number of alkyl carbamates (subject to hydrolysis) is 1. The van der Waals surface area contributed by atoms with Crippen LogP contribution in [-0.2, 0) is 30.9 Å². The number of nitro groups is 1. The van der Waals surface area contributed by atoms with Gasteiger partial charge in [0.2, 0.25) is 10.0 Å². The predicted molar refractivity (Wildman–Crippen MR) is 184 cm³/mol. The smallest absolute Gasteiger partial charge is 0.407 e. The molecule has 0 aliphatic rings. The van der Waals surface area contributed by atoms with E-state index in [1.54, 1.807) is 24.3 Å². The molecule has 4 rings (SSSR count). The van der Waals surface area contributed by atoms with Gasteiger partial charge in [0.05, 0.1) is 16.9 Å². The van der Waals surface area contributed by atoms with E-state index in [1.165, 1.54) is 23.5 Å². The number of carbonyl (C=O) groups is 3. The summed E-state index contributed by atoms with van der Waals surface area (Å²) in [5, 5.41) is 17.5. The second kappa shape index (κ2) is 18.5. The molecule has 0 fully saturated rings. The summed E-state index contributed by atoms with van der Waals surface area (Å²) in [7, 11) is -2.90. The van der Waals surface area contributed by atoms with Gasteiger partial charge in [-0.25, -0.2) is 13.2 Å². The Morgan fingerprint density at radius 2 is 1.66 bits per heavy atom. The molecular formula is C35H40N4O10S. The van der Waals surface area contributed by atoms with Crippen molar-refractivity contribution in [1.29, 1.82) is 0 Å². The van der Waals surface area contributed by atoms with E-state index < -0.39 is 33.0 Å². The van der Waals surface area contributed by atoms with Crippen molar-refractivity contribution in [1.82, 2.24) is 14.9 Å². The van der Waals surface area contributed by atoms with Crippen LogP contribution in [0, 0.1) is 10.1 Å². The van der Waals surface area contributed by atoms with Crippen LogP contribution in [0.25, 0.3) is 11.0 Å². The first-order chi connectivity index (χ1) is 24.1. The SMILES string of the molecule is COC(=O)CCCCCN(C[C@H](CCCNC(=O)OCc1ccccc1)NC(=O)c1cc2ccccc2o1)S(=O)(=O)c1ccc([N+](=O)[O-])cc1. The van der Waals surface area contributed by atoms with Crippen molar-refractivity contribution in [2.45, 2.75) is 56.1 Å². The molecule has 15 heteroatoms. The first-order valence-corrected chi connectivity index (χ1v) is 17.6. The van der Waals surface area contributed by atoms with Crippen molar-refractivity contribution >= 4 is 44.6 Å². The third kappa shape index (κ3) is 11.1. The molecule has 0 unspecified atom stereocenters. The van der Waals surface area contributed by atoms with Gasteiger partial charge in [0, 0.05) is 49.6 Å². The highest BCUT2D eigenvalue weighted by molar-refractivity contribution is 7.89. The molecule has 0 saturated carbocycles. The topological polar surface area (TPSA) is 187 Å². The number of hydrogen-bond acceptors (Lipinski definition) is 10. The third-order valence-corrected chi connectivity index (χ3v) is 9.70. The number of carbonyl (C=O) groups excluding carboxylic acids is 3. The molecule has 1 aromatic heterocycles. The Labute approximate surface area is 289 Å². The second-order valence-corrected chi connectivity index (χ2v) is 13.4. The minimum atomic E-state index is -4.19. The van der Waals surface area contributed by atoms with Crippen LogP contribution in [0.1, 0.15) is 54.6 Å². The molecule has 3 aromatic carbocycles. The van der Waals surface area contributed by atoms with E-state index in [-0.39, 0.29) is 61.4 Å². The summed E-state index contributed by atoms with van der Waals surface area (Å²) in [5.74, 6) is -0.870. The highest BCUT2D eigenvalue weighted by Crippen LogP contribution is 2.23. The zero-order valence-corrected chi connectivity index (χ0v) is 28.4. The number of amides is 2. The Hall–Kier alpha value is -5.28. The molecule has 0 radical (unpaired) electrons. The van der Waals surface area contributed by atoms with E-state index >= 15 is 0 Å². The minimum Gasteiger partial charge on any atom is -0.469 e. The number of esters is 1. The largest absolute Gasteiger partial charge is 0.469 e. The maximum atomic E-state index is 13.9. The van der Waals surface area contributed by atoms with Gasteiger partial charge in [-0.3, -0.25) is 19.7 Å². The average Bonchev–Trinajstić information content (AvgIpc) is 3.57. The van der Waals surface area contributed by atoms with Gasteiger partial charge >= 0.3 is 12.1 Å². The number of nitro benzene ring substituents is 1. The Morgan fingerprint density at radius 1 is 0.940 bits per heavy atom. The van der Waals surface area contributed by atoms with Crippen molar-refractivity contribution in [3.8, 4) is 0 Å². The molecule has 4 aromatic rings. The molecule has 1 heterocycles. The lowest BCUT2D eigenvalue weighted by Crippen LogP contribution is -2.46. The van der Waals surface area contributed by atoms with Crippen molar-refractivity contribution in [2.24, 2.45) is 0 Å². The predicted octanol–water partition coefficient (Wildman–Crippen LogP) is 5.57. The van der Waals surface area contributed by atoms with Crippen LogP contribution in [0.15, 0.2) is 94.2 Å². The van der Waals surface area contributed by atoms with Gasteiger partial charge < -0.3 is 24.5 Å². The van der Waals surface area contributed by atoms with Crippen LogP contribution < -0.4 is 10.6 Å². The molecule has 0 bridgehead atoms. The number of furan rings is 1. The number of nitrogens with zero attached hydrogens (tertiary/aromatic N) is 2. The van der Waals surface area contributed by atoms with E-state index in [9.17, 15) is 32.9 Å². The fourth-order valence-electron chi connectivity index (χ4n) is 5.15. The number of para-hydroxylation sites is 1. The highest BCUT2D eigenvalue weighted by atomic mass is 32.2. The molecule has 2 amide bonds. The number of rotatable bonds is 19. The van der Waals surface area contributed by atoms with E-state index in [0.717, 1.165) is 23.1 Å². The van der Waals surface area contributed by atoms with Crippen LogP contribution in [0.2, 0.25) is 0 Å². The van der Waals surface area contributed by atoms with Crippen molar-refractivity contribution in [2.75, 3.05) is 26.7 Å². The summed E-state index contributed by atoms with van der Waals surface area (Å²) in [6.07, 6.45) is 1.58. The Kier molecular flexibility index (Phi) is 13.9. The minimum absolute atomic E-state index is 0.0432. The Bertz CT molecular complexity index is 1810. The number of hydrogen-bond donors (Lipinski definition) is 2.